The highest BCUT2D eigenvalue weighted by Crippen LogP contribution is 2.28. The molecule has 3 amide bonds. The Balaban J connectivity index is 1.93. The molecule has 1 unspecified atom stereocenters. The van der Waals surface area contributed by atoms with Crippen molar-refractivity contribution in [3.8, 4) is 0 Å². The van der Waals surface area contributed by atoms with Crippen molar-refractivity contribution in [1.29, 1.82) is 0 Å². The van der Waals surface area contributed by atoms with Crippen molar-refractivity contribution in [3.63, 3.8) is 0 Å². The van der Waals surface area contributed by atoms with Gasteiger partial charge in [0.2, 0.25) is 0 Å². The average molecular weight is 298 g/mol. The van der Waals surface area contributed by atoms with Crippen molar-refractivity contribution in [1.82, 2.24) is 15.1 Å². The van der Waals surface area contributed by atoms with Crippen LogP contribution in [0.1, 0.15) is 33.6 Å². The lowest BCUT2D eigenvalue weighted by molar-refractivity contribution is 0.0283. The maximum Gasteiger partial charge on any atom is 0.410 e. The highest BCUT2D eigenvalue weighted by Gasteiger charge is 2.48. The second-order valence-corrected chi connectivity index (χ2v) is 6.93. The molecule has 0 aromatic heterocycles. The first-order valence-electron chi connectivity index (χ1n) is 7.50. The van der Waals surface area contributed by atoms with Gasteiger partial charge in [-0.05, 0) is 40.2 Å². The predicted molar refractivity (Wildman–Crippen MR) is 78.9 cm³/mol. The van der Waals surface area contributed by atoms with E-state index in [2.05, 4.69) is 5.32 Å². The molecule has 2 fully saturated rings. The van der Waals surface area contributed by atoms with Crippen LogP contribution in [-0.4, -0.2) is 65.8 Å². The molecular weight excluding hydrogens is 272 g/mol. The lowest BCUT2D eigenvalue weighted by Crippen LogP contribution is -2.47. The van der Waals surface area contributed by atoms with E-state index in [1.54, 1.807) is 9.80 Å². The van der Waals surface area contributed by atoms with E-state index in [-0.39, 0.29) is 17.7 Å². The third-order valence-electron chi connectivity index (χ3n) is 3.79. The summed E-state index contributed by atoms with van der Waals surface area (Å²) in [5.41, 5.74) is 4.66. The van der Waals surface area contributed by atoms with Crippen LogP contribution in [0.15, 0.2) is 0 Å². The fraction of sp³-hybridized carbons (Fsp3) is 0.857. The van der Waals surface area contributed by atoms with E-state index in [1.807, 2.05) is 20.8 Å². The largest absolute Gasteiger partial charge is 0.444 e. The smallest absolute Gasteiger partial charge is 0.410 e. The molecule has 0 radical (unpaired) electrons. The Bertz CT molecular complexity index is 421. The first-order valence-corrected chi connectivity index (χ1v) is 7.50. The van der Waals surface area contributed by atoms with Crippen LogP contribution in [0.4, 0.5) is 9.59 Å². The van der Waals surface area contributed by atoms with E-state index in [0.717, 1.165) is 12.8 Å². The van der Waals surface area contributed by atoms with Gasteiger partial charge in [-0.2, -0.15) is 0 Å². The van der Waals surface area contributed by atoms with E-state index in [1.165, 1.54) is 0 Å². The highest BCUT2D eigenvalue weighted by atomic mass is 16.6. The number of carbonyl (C=O) groups is 2. The summed E-state index contributed by atoms with van der Waals surface area (Å²) in [5, 5.41) is 3.03. The number of rotatable bonds is 3. The SMILES string of the molecule is CC(C)(C)OC(=O)N1CCC2(CN(CCCN)C(=O)N2)C1. The third kappa shape index (κ3) is 3.78. The molecule has 2 saturated heterocycles. The van der Waals surface area contributed by atoms with E-state index in [4.69, 9.17) is 10.5 Å². The standard InChI is InChI=1S/C14H26N4O3/c1-13(2,3)21-12(20)18-8-5-14(10-18)9-17(7-4-6-15)11(19)16-14/h4-10,15H2,1-3H3,(H,16,19). The molecule has 120 valence electrons. The number of amides is 3. The van der Waals surface area contributed by atoms with Crippen LogP contribution < -0.4 is 11.1 Å². The van der Waals surface area contributed by atoms with Gasteiger partial charge in [0.05, 0.1) is 5.54 Å². The van der Waals surface area contributed by atoms with Crippen LogP contribution in [0.25, 0.3) is 0 Å². The minimum absolute atomic E-state index is 0.0607. The number of nitrogens with one attached hydrogen (secondary N) is 1. The van der Waals surface area contributed by atoms with Crippen molar-refractivity contribution in [2.24, 2.45) is 5.73 Å². The van der Waals surface area contributed by atoms with Gasteiger partial charge < -0.3 is 25.6 Å². The molecule has 0 aliphatic carbocycles. The van der Waals surface area contributed by atoms with E-state index in [9.17, 15) is 9.59 Å². The van der Waals surface area contributed by atoms with Crippen molar-refractivity contribution in [2.45, 2.75) is 44.8 Å². The molecule has 2 aliphatic rings. The molecule has 1 atom stereocenters. The van der Waals surface area contributed by atoms with Gasteiger partial charge in [-0.3, -0.25) is 0 Å². The molecular formula is C14H26N4O3. The average Bonchev–Trinajstić information content (AvgIpc) is 2.89. The molecule has 0 saturated carbocycles. The molecule has 0 aromatic rings. The monoisotopic (exact) mass is 298 g/mol. The minimum Gasteiger partial charge on any atom is -0.444 e. The van der Waals surface area contributed by atoms with Crippen LogP contribution in [0.3, 0.4) is 0 Å². The van der Waals surface area contributed by atoms with Crippen molar-refractivity contribution in [2.75, 3.05) is 32.7 Å². The van der Waals surface area contributed by atoms with Crippen LogP contribution in [0, 0.1) is 0 Å². The Morgan fingerprint density at radius 2 is 2.14 bits per heavy atom. The summed E-state index contributed by atoms with van der Waals surface area (Å²) in [4.78, 5) is 27.5. The lowest BCUT2D eigenvalue weighted by Gasteiger charge is -2.26. The highest BCUT2D eigenvalue weighted by molar-refractivity contribution is 5.78. The first kappa shape index (κ1) is 15.9. The second kappa shape index (κ2) is 5.71. The Kier molecular flexibility index (Phi) is 4.32. The summed E-state index contributed by atoms with van der Waals surface area (Å²) < 4.78 is 5.39. The summed E-state index contributed by atoms with van der Waals surface area (Å²) in [6, 6.07) is -0.0607. The molecule has 2 heterocycles. The molecule has 7 nitrogen and oxygen atoms in total. The Hall–Kier alpha value is -1.50. The van der Waals surface area contributed by atoms with Gasteiger partial charge >= 0.3 is 12.1 Å². The molecule has 0 bridgehead atoms. The number of carbonyl (C=O) groups excluding carboxylic acids is 2. The predicted octanol–water partition coefficient (Wildman–Crippen LogP) is 0.740. The first-order chi connectivity index (χ1) is 9.75. The number of ether oxygens (including phenoxy) is 1. The maximum atomic E-state index is 12.1. The number of hydrogen-bond acceptors (Lipinski definition) is 4. The molecule has 21 heavy (non-hydrogen) atoms. The number of urea groups is 1. The summed E-state index contributed by atoms with van der Waals surface area (Å²) in [7, 11) is 0. The van der Waals surface area contributed by atoms with Crippen LogP contribution in [-0.2, 0) is 4.74 Å². The second-order valence-electron chi connectivity index (χ2n) is 6.93. The summed E-state index contributed by atoms with van der Waals surface area (Å²) >= 11 is 0. The molecule has 0 aromatic carbocycles. The number of nitrogens with zero attached hydrogens (tertiary/aromatic N) is 2. The fourth-order valence-corrected chi connectivity index (χ4v) is 2.83. The lowest BCUT2D eigenvalue weighted by atomic mass is 10.0. The summed E-state index contributed by atoms with van der Waals surface area (Å²) in [6.45, 7) is 8.53. The van der Waals surface area contributed by atoms with E-state index >= 15 is 0 Å². The topological polar surface area (TPSA) is 87.9 Å². The fourth-order valence-electron chi connectivity index (χ4n) is 2.83. The maximum absolute atomic E-state index is 12.1. The Morgan fingerprint density at radius 1 is 1.43 bits per heavy atom. The summed E-state index contributed by atoms with van der Waals surface area (Å²) in [5.74, 6) is 0. The molecule has 7 heteroatoms. The summed E-state index contributed by atoms with van der Waals surface area (Å²) in [6.07, 6.45) is 1.24. The molecule has 1 spiro atoms. The van der Waals surface area contributed by atoms with Crippen LogP contribution in [0.5, 0.6) is 0 Å². The van der Waals surface area contributed by atoms with Gasteiger partial charge in [-0.25, -0.2) is 9.59 Å². The Morgan fingerprint density at radius 3 is 2.76 bits per heavy atom. The van der Waals surface area contributed by atoms with Gasteiger partial charge in [-0.15, -0.1) is 0 Å². The third-order valence-corrected chi connectivity index (χ3v) is 3.79. The molecule has 2 aliphatic heterocycles. The van der Waals surface area contributed by atoms with Gasteiger partial charge in [-0.1, -0.05) is 0 Å². The normalized spacial score (nSPS) is 25.6. The van der Waals surface area contributed by atoms with Crippen LogP contribution >= 0.6 is 0 Å². The minimum atomic E-state index is -0.501. The van der Waals surface area contributed by atoms with Crippen molar-refractivity contribution in [3.05, 3.63) is 0 Å². The zero-order valence-corrected chi connectivity index (χ0v) is 13.1. The number of hydrogen-bond donors (Lipinski definition) is 2. The number of nitrogens with two attached hydrogens (primary N) is 1. The Labute approximate surface area is 125 Å². The van der Waals surface area contributed by atoms with Crippen molar-refractivity contribution >= 4 is 12.1 Å². The quantitative estimate of drug-likeness (QED) is 0.804. The van der Waals surface area contributed by atoms with Gasteiger partial charge in [0.1, 0.15) is 5.60 Å². The van der Waals surface area contributed by atoms with Crippen LogP contribution in [0.2, 0.25) is 0 Å². The zero-order valence-electron chi connectivity index (χ0n) is 13.1. The van der Waals surface area contributed by atoms with Gasteiger partial charge in [0, 0.05) is 26.2 Å². The molecule has 3 N–H and O–H groups in total. The van der Waals surface area contributed by atoms with E-state index in [0.29, 0.717) is 32.7 Å². The van der Waals surface area contributed by atoms with E-state index < -0.39 is 5.60 Å². The van der Waals surface area contributed by atoms with Gasteiger partial charge in [0.25, 0.3) is 0 Å². The van der Waals surface area contributed by atoms with Gasteiger partial charge in [0.15, 0.2) is 0 Å². The zero-order chi connectivity index (χ0) is 15.7. The van der Waals surface area contributed by atoms with Crippen molar-refractivity contribution < 1.29 is 14.3 Å². The number of likely N-dealkylation sites (tertiary alicyclic amines) is 1. The molecule has 2 rings (SSSR count).